The van der Waals surface area contributed by atoms with Crippen molar-refractivity contribution in [3.8, 4) is 0 Å². The molecule has 0 aliphatic carbocycles. The van der Waals surface area contributed by atoms with Crippen molar-refractivity contribution in [1.82, 2.24) is 14.9 Å². The van der Waals surface area contributed by atoms with Crippen molar-refractivity contribution in [2.24, 2.45) is 5.92 Å². The molecule has 1 aromatic rings. The molecule has 0 bridgehead atoms. The third-order valence-electron chi connectivity index (χ3n) is 4.91. The molecule has 122 valence electrons. The highest BCUT2D eigenvalue weighted by Crippen LogP contribution is 2.32. The number of anilines is 1. The normalized spacial score (nSPS) is 28.7. The molecule has 1 aromatic heterocycles. The van der Waals surface area contributed by atoms with E-state index in [1.165, 1.54) is 18.8 Å². The average Bonchev–Trinajstić information content (AvgIpc) is 2.56. The van der Waals surface area contributed by atoms with Gasteiger partial charge < -0.3 is 9.64 Å². The molecule has 5 nitrogen and oxygen atoms in total. The van der Waals surface area contributed by atoms with Crippen molar-refractivity contribution < 1.29 is 9.13 Å². The van der Waals surface area contributed by atoms with Gasteiger partial charge in [0.15, 0.2) is 5.82 Å². The molecule has 3 atom stereocenters. The molecule has 3 heterocycles. The maximum Gasteiger partial charge on any atom is 0.225 e. The second-order valence-corrected chi connectivity index (χ2v) is 6.13. The van der Waals surface area contributed by atoms with Gasteiger partial charge in [-0.3, -0.25) is 4.90 Å². The molecule has 0 spiro atoms. The van der Waals surface area contributed by atoms with E-state index in [1.54, 1.807) is 0 Å². The minimum atomic E-state index is -0.389. The fraction of sp³-hybridized carbons (Fsp3) is 0.750. The number of ether oxygens (including phenoxy) is 1. The van der Waals surface area contributed by atoms with Crippen LogP contribution in [0.4, 0.5) is 10.3 Å². The summed E-state index contributed by atoms with van der Waals surface area (Å²) in [5, 5.41) is 0. The van der Waals surface area contributed by atoms with Gasteiger partial charge in [-0.25, -0.2) is 14.4 Å². The van der Waals surface area contributed by atoms with Crippen LogP contribution in [0.3, 0.4) is 0 Å². The first-order chi connectivity index (χ1) is 10.7. The van der Waals surface area contributed by atoms with Crippen molar-refractivity contribution in [2.75, 3.05) is 37.7 Å². The number of hydrogen-bond acceptors (Lipinski definition) is 5. The summed E-state index contributed by atoms with van der Waals surface area (Å²) in [6.07, 6.45) is 5.09. The van der Waals surface area contributed by atoms with Crippen LogP contribution in [0.25, 0.3) is 0 Å². The van der Waals surface area contributed by atoms with Gasteiger partial charge in [0, 0.05) is 25.6 Å². The van der Waals surface area contributed by atoms with E-state index in [0.29, 0.717) is 24.0 Å². The lowest BCUT2D eigenvalue weighted by atomic mass is 9.85. The molecule has 0 radical (unpaired) electrons. The van der Waals surface area contributed by atoms with E-state index >= 15 is 0 Å². The van der Waals surface area contributed by atoms with Crippen LogP contribution in [0.5, 0.6) is 0 Å². The SMILES string of the molecule is CCN(CC)[C@@H]1CN(c2ncc(F)cn2)C[C@@H]2CCCO[C@@H]21. The molecule has 6 heteroatoms. The van der Waals surface area contributed by atoms with Gasteiger partial charge in [0.05, 0.1) is 24.5 Å². The zero-order chi connectivity index (χ0) is 15.5. The summed E-state index contributed by atoms with van der Waals surface area (Å²) in [4.78, 5) is 13.0. The van der Waals surface area contributed by atoms with E-state index in [4.69, 9.17) is 4.74 Å². The summed E-state index contributed by atoms with van der Waals surface area (Å²) in [6, 6.07) is 0.350. The van der Waals surface area contributed by atoms with Crippen molar-refractivity contribution >= 4 is 5.95 Å². The highest BCUT2D eigenvalue weighted by Gasteiger charge is 2.41. The number of likely N-dealkylation sites (N-methyl/N-ethyl adjacent to an activating group) is 1. The Labute approximate surface area is 131 Å². The maximum atomic E-state index is 13.1. The maximum absolute atomic E-state index is 13.1. The highest BCUT2D eigenvalue weighted by molar-refractivity contribution is 5.31. The zero-order valence-corrected chi connectivity index (χ0v) is 13.4. The van der Waals surface area contributed by atoms with Crippen LogP contribution in [-0.4, -0.2) is 59.8 Å². The molecule has 0 unspecified atom stereocenters. The highest BCUT2D eigenvalue weighted by atomic mass is 19.1. The molecular weight excluding hydrogens is 283 g/mol. The summed E-state index contributed by atoms with van der Waals surface area (Å²) < 4.78 is 19.2. The van der Waals surface area contributed by atoms with Gasteiger partial charge in [0.25, 0.3) is 0 Å². The summed E-state index contributed by atoms with van der Waals surface area (Å²) in [5.74, 6) is 0.740. The molecule has 22 heavy (non-hydrogen) atoms. The molecule has 0 aromatic carbocycles. The van der Waals surface area contributed by atoms with E-state index in [-0.39, 0.29) is 5.82 Å². The predicted molar refractivity (Wildman–Crippen MR) is 83.4 cm³/mol. The van der Waals surface area contributed by atoms with Crippen LogP contribution in [-0.2, 0) is 4.74 Å². The van der Waals surface area contributed by atoms with E-state index < -0.39 is 0 Å². The van der Waals surface area contributed by atoms with Crippen LogP contribution in [0.1, 0.15) is 26.7 Å². The fourth-order valence-electron chi connectivity index (χ4n) is 3.82. The topological polar surface area (TPSA) is 41.5 Å². The molecule has 0 N–H and O–H groups in total. The lowest BCUT2D eigenvalue weighted by Crippen LogP contribution is -2.61. The van der Waals surface area contributed by atoms with Crippen LogP contribution in [0, 0.1) is 11.7 Å². The Morgan fingerprint density at radius 1 is 1.27 bits per heavy atom. The van der Waals surface area contributed by atoms with Gasteiger partial charge in [-0.05, 0) is 25.9 Å². The van der Waals surface area contributed by atoms with Crippen LogP contribution in [0.15, 0.2) is 12.4 Å². The number of rotatable bonds is 4. The van der Waals surface area contributed by atoms with Crippen molar-refractivity contribution in [2.45, 2.75) is 38.8 Å². The van der Waals surface area contributed by atoms with Gasteiger partial charge in [-0.1, -0.05) is 13.8 Å². The lowest BCUT2D eigenvalue weighted by Gasteiger charge is -2.49. The number of piperidine rings is 1. The molecule has 3 rings (SSSR count). The summed E-state index contributed by atoms with van der Waals surface area (Å²) >= 11 is 0. The first-order valence-corrected chi connectivity index (χ1v) is 8.31. The second-order valence-electron chi connectivity index (χ2n) is 6.13. The molecule has 0 saturated carbocycles. The summed E-state index contributed by atoms with van der Waals surface area (Å²) in [6.45, 7) is 9.00. The quantitative estimate of drug-likeness (QED) is 0.850. The van der Waals surface area contributed by atoms with Gasteiger partial charge in [-0.15, -0.1) is 0 Å². The molecule has 0 amide bonds. The molecule has 2 saturated heterocycles. The Morgan fingerprint density at radius 2 is 2.00 bits per heavy atom. The van der Waals surface area contributed by atoms with Gasteiger partial charge in [0.2, 0.25) is 5.95 Å². The minimum absolute atomic E-state index is 0.297. The van der Waals surface area contributed by atoms with Crippen LogP contribution in [0.2, 0.25) is 0 Å². The Morgan fingerprint density at radius 3 is 2.68 bits per heavy atom. The Hall–Kier alpha value is -1.27. The average molecular weight is 308 g/mol. The van der Waals surface area contributed by atoms with Gasteiger partial charge in [-0.2, -0.15) is 0 Å². The van der Waals surface area contributed by atoms with E-state index in [2.05, 4.69) is 33.6 Å². The largest absolute Gasteiger partial charge is 0.376 e. The van der Waals surface area contributed by atoms with Crippen molar-refractivity contribution in [3.63, 3.8) is 0 Å². The fourth-order valence-corrected chi connectivity index (χ4v) is 3.82. The first-order valence-electron chi connectivity index (χ1n) is 8.31. The monoisotopic (exact) mass is 308 g/mol. The molecule has 2 aliphatic heterocycles. The Bertz CT molecular complexity index is 480. The summed E-state index contributed by atoms with van der Waals surface area (Å²) in [5.41, 5.74) is 0. The Kier molecular flexibility index (Phi) is 4.88. The Balaban J connectivity index is 1.82. The number of nitrogens with zero attached hydrogens (tertiary/aromatic N) is 4. The summed E-state index contributed by atoms with van der Waals surface area (Å²) in [7, 11) is 0. The predicted octanol–water partition coefficient (Wildman–Crippen LogP) is 1.94. The number of halogens is 1. The third kappa shape index (κ3) is 3.08. The second kappa shape index (κ2) is 6.87. The van der Waals surface area contributed by atoms with Gasteiger partial charge in [0.1, 0.15) is 0 Å². The molecule has 2 fully saturated rings. The standard InChI is InChI=1S/C16H25FN4O/c1-3-20(4-2)14-11-21(16-18-8-13(17)9-19-16)10-12-6-5-7-22-15(12)14/h8-9,12,14-15H,3-7,10-11H2,1-2H3/t12-,14+,15-/m0/s1. The number of hydrogen-bond donors (Lipinski definition) is 0. The molecule has 2 aliphatic rings. The van der Waals surface area contributed by atoms with E-state index in [9.17, 15) is 4.39 Å². The van der Waals surface area contributed by atoms with Crippen LogP contribution >= 0.6 is 0 Å². The third-order valence-corrected chi connectivity index (χ3v) is 4.91. The zero-order valence-electron chi connectivity index (χ0n) is 13.4. The lowest BCUT2D eigenvalue weighted by molar-refractivity contribution is -0.0816. The number of fused-ring (bicyclic) bond motifs is 1. The van der Waals surface area contributed by atoms with E-state index in [0.717, 1.165) is 39.2 Å². The first kappa shape index (κ1) is 15.6. The van der Waals surface area contributed by atoms with E-state index in [1.807, 2.05) is 0 Å². The smallest absolute Gasteiger partial charge is 0.225 e. The van der Waals surface area contributed by atoms with Crippen molar-refractivity contribution in [1.29, 1.82) is 0 Å². The minimum Gasteiger partial charge on any atom is -0.376 e. The van der Waals surface area contributed by atoms with Gasteiger partial charge >= 0.3 is 0 Å². The molecular formula is C16H25FN4O. The van der Waals surface area contributed by atoms with Crippen LogP contribution < -0.4 is 4.90 Å². The van der Waals surface area contributed by atoms with Crippen molar-refractivity contribution in [3.05, 3.63) is 18.2 Å². The number of aromatic nitrogens is 2.